The van der Waals surface area contributed by atoms with Crippen molar-refractivity contribution in [2.45, 2.75) is 12.5 Å². The number of ether oxygens (including phenoxy) is 1. The average molecular weight is 256 g/mol. The Hall–Kier alpha value is -1.14. The molecule has 3 rings (SSSR count). The van der Waals surface area contributed by atoms with Crippen LogP contribution in [0.4, 0.5) is 5.95 Å². The Balaban J connectivity index is 1.90. The lowest BCUT2D eigenvalue weighted by Gasteiger charge is -2.23. The van der Waals surface area contributed by atoms with Gasteiger partial charge in [-0.05, 0) is 23.9 Å². The fourth-order valence-electron chi connectivity index (χ4n) is 2.64. The van der Waals surface area contributed by atoms with Gasteiger partial charge in [0.2, 0.25) is 11.2 Å². The molecule has 2 aliphatic rings. The van der Waals surface area contributed by atoms with E-state index in [1.807, 2.05) is 0 Å². The van der Waals surface area contributed by atoms with Gasteiger partial charge in [0.15, 0.2) is 0 Å². The number of nitrogens with one attached hydrogen (secondary N) is 1. The van der Waals surface area contributed by atoms with Gasteiger partial charge in [-0.3, -0.25) is 0 Å². The standard InChI is InChI=1S/C10H14ClN5O/c1-17-10-14-8(11)13-9(15-10)16-3-2-6-4-12-5-7(6)16/h6-7,12H,2-5H2,1H3/t6-,7+/m1/s1. The third-order valence-electron chi connectivity index (χ3n) is 3.46. The van der Waals surface area contributed by atoms with Gasteiger partial charge < -0.3 is 15.0 Å². The lowest BCUT2D eigenvalue weighted by molar-refractivity contribution is 0.377. The number of hydrogen-bond acceptors (Lipinski definition) is 6. The van der Waals surface area contributed by atoms with Crippen LogP contribution >= 0.6 is 11.6 Å². The highest BCUT2D eigenvalue weighted by molar-refractivity contribution is 6.28. The number of nitrogens with zero attached hydrogens (tertiary/aromatic N) is 4. The van der Waals surface area contributed by atoms with E-state index in [0.29, 0.717) is 17.9 Å². The molecule has 2 saturated heterocycles. The third-order valence-corrected chi connectivity index (χ3v) is 3.63. The topological polar surface area (TPSA) is 63.2 Å². The molecule has 92 valence electrons. The second-order valence-corrected chi connectivity index (χ2v) is 4.70. The van der Waals surface area contributed by atoms with Crippen molar-refractivity contribution >= 4 is 17.5 Å². The van der Waals surface area contributed by atoms with Crippen molar-refractivity contribution in [2.24, 2.45) is 5.92 Å². The van der Waals surface area contributed by atoms with Gasteiger partial charge in [-0.25, -0.2) is 0 Å². The van der Waals surface area contributed by atoms with Crippen LogP contribution in [0.1, 0.15) is 6.42 Å². The normalized spacial score (nSPS) is 27.3. The van der Waals surface area contributed by atoms with Gasteiger partial charge in [0, 0.05) is 25.7 Å². The van der Waals surface area contributed by atoms with Crippen LogP contribution in [0.25, 0.3) is 0 Å². The van der Waals surface area contributed by atoms with Gasteiger partial charge in [0.05, 0.1) is 7.11 Å². The zero-order valence-electron chi connectivity index (χ0n) is 9.56. The Labute approximate surface area is 104 Å². The number of halogens is 1. The minimum Gasteiger partial charge on any atom is -0.467 e. The van der Waals surface area contributed by atoms with Crippen LogP contribution in [-0.4, -0.2) is 47.7 Å². The minimum absolute atomic E-state index is 0.182. The summed E-state index contributed by atoms with van der Waals surface area (Å²) in [4.78, 5) is 14.5. The van der Waals surface area contributed by atoms with Gasteiger partial charge >= 0.3 is 6.01 Å². The van der Waals surface area contributed by atoms with Crippen molar-refractivity contribution in [3.05, 3.63) is 5.28 Å². The summed E-state index contributed by atoms with van der Waals surface area (Å²) < 4.78 is 5.02. The first-order valence-electron chi connectivity index (χ1n) is 5.71. The first-order valence-corrected chi connectivity index (χ1v) is 6.08. The quantitative estimate of drug-likeness (QED) is 0.822. The van der Waals surface area contributed by atoms with Crippen LogP contribution in [0, 0.1) is 5.92 Å². The predicted molar refractivity (Wildman–Crippen MR) is 63.5 cm³/mol. The molecule has 1 aromatic heterocycles. The molecule has 2 aliphatic heterocycles. The summed E-state index contributed by atoms with van der Waals surface area (Å²) >= 11 is 5.87. The Bertz CT molecular complexity index is 429. The zero-order valence-corrected chi connectivity index (χ0v) is 10.3. The Kier molecular flexibility index (Phi) is 2.76. The van der Waals surface area contributed by atoms with Crippen molar-refractivity contribution in [3.8, 4) is 6.01 Å². The number of rotatable bonds is 2. The summed E-state index contributed by atoms with van der Waals surface area (Å²) in [5.74, 6) is 1.31. The molecule has 0 amide bonds. The maximum absolute atomic E-state index is 5.87. The molecule has 2 atom stereocenters. The number of hydrogen-bond donors (Lipinski definition) is 1. The van der Waals surface area contributed by atoms with Gasteiger partial charge in [-0.1, -0.05) is 0 Å². The lowest BCUT2D eigenvalue weighted by atomic mass is 10.1. The smallest absolute Gasteiger partial charge is 0.322 e. The average Bonchev–Trinajstić information content (AvgIpc) is 2.89. The van der Waals surface area contributed by atoms with Crippen molar-refractivity contribution in [2.75, 3.05) is 31.6 Å². The SMILES string of the molecule is COc1nc(Cl)nc(N2CC[C@@H]3CNC[C@@H]32)n1. The summed E-state index contributed by atoms with van der Waals surface area (Å²) in [5.41, 5.74) is 0. The Morgan fingerprint density at radius 1 is 1.35 bits per heavy atom. The summed E-state index contributed by atoms with van der Waals surface area (Å²) in [6, 6.07) is 0.743. The highest BCUT2D eigenvalue weighted by Gasteiger charge is 2.39. The number of aromatic nitrogens is 3. The summed E-state index contributed by atoms with van der Waals surface area (Å²) in [6.07, 6.45) is 1.17. The van der Waals surface area contributed by atoms with Crippen LogP contribution in [0.15, 0.2) is 0 Å². The monoisotopic (exact) mass is 255 g/mol. The molecule has 0 saturated carbocycles. The van der Waals surface area contributed by atoms with E-state index < -0.39 is 0 Å². The summed E-state index contributed by atoms with van der Waals surface area (Å²) in [6.45, 7) is 3.04. The van der Waals surface area contributed by atoms with E-state index in [2.05, 4.69) is 25.2 Å². The number of methoxy groups -OCH3 is 1. The van der Waals surface area contributed by atoms with Crippen LogP contribution in [0.5, 0.6) is 6.01 Å². The largest absolute Gasteiger partial charge is 0.467 e. The fourth-order valence-corrected chi connectivity index (χ4v) is 2.79. The first-order chi connectivity index (χ1) is 8.28. The van der Waals surface area contributed by atoms with Crippen molar-refractivity contribution in [3.63, 3.8) is 0 Å². The molecule has 0 aliphatic carbocycles. The van der Waals surface area contributed by atoms with Crippen molar-refractivity contribution in [1.82, 2.24) is 20.3 Å². The molecule has 17 heavy (non-hydrogen) atoms. The molecule has 1 aromatic rings. The van der Waals surface area contributed by atoms with Crippen molar-refractivity contribution in [1.29, 1.82) is 0 Å². The summed E-state index contributed by atoms with van der Waals surface area (Å²) in [5, 5.41) is 3.57. The van der Waals surface area contributed by atoms with E-state index in [1.54, 1.807) is 0 Å². The highest BCUT2D eigenvalue weighted by Crippen LogP contribution is 2.30. The minimum atomic E-state index is 0.182. The van der Waals surface area contributed by atoms with Gasteiger partial charge in [0.25, 0.3) is 0 Å². The van der Waals surface area contributed by atoms with Crippen molar-refractivity contribution < 1.29 is 4.74 Å². The predicted octanol–water partition coefficient (Wildman–Crippen LogP) is 0.332. The van der Waals surface area contributed by atoms with Crippen LogP contribution in [-0.2, 0) is 0 Å². The van der Waals surface area contributed by atoms with E-state index >= 15 is 0 Å². The van der Waals surface area contributed by atoms with E-state index in [9.17, 15) is 0 Å². The number of anilines is 1. The molecule has 0 unspecified atom stereocenters. The van der Waals surface area contributed by atoms with E-state index in [1.165, 1.54) is 13.5 Å². The Morgan fingerprint density at radius 3 is 3.06 bits per heavy atom. The second-order valence-electron chi connectivity index (χ2n) is 4.36. The molecule has 6 nitrogen and oxygen atoms in total. The lowest BCUT2D eigenvalue weighted by Crippen LogP contribution is -2.35. The van der Waals surface area contributed by atoms with E-state index in [-0.39, 0.29) is 11.3 Å². The molecule has 1 N–H and O–H groups in total. The molecule has 2 fully saturated rings. The van der Waals surface area contributed by atoms with Gasteiger partial charge in [0.1, 0.15) is 0 Å². The fraction of sp³-hybridized carbons (Fsp3) is 0.700. The summed E-state index contributed by atoms with van der Waals surface area (Å²) in [7, 11) is 1.53. The molecular formula is C10H14ClN5O. The first kappa shape index (κ1) is 11.0. The second kappa shape index (κ2) is 4.27. The molecular weight excluding hydrogens is 242 g/mol. The van der Waals surface area contributed by atoms with Gasteiger partial charge in [-0.15, -0.1) is 0 Å². The number of fused-ring (bicyclic) bond motifs is 1. The Morgan fingerprint density at radius 2 is 2.24 bits per heavy atom. The van der Waals surface area contributed by atoms with E-state index in [0.717, 1.165) is 19.6 Å². The molecule has 3 heterocycles. The molecule has 0 aromatic carbocycles. The molecule has 0 spiro atoms. The van der Waals surface area contributed by atoms with Crippen LogP contribution in [0.2, 0.25) is 5.28 Å². The molecule has 0 radical (unpaired) electrons. The van der Waals surface area contributed by atoms with Crippen LogP contribution in [0.3, 0.4) is 0 Å². The van der Waals surface area contributed by atoms with Crippen LogP contribution < -0.4 is 15.0 Å². The maximum Gasteiger partial charge on any atom is 0.322 e. The maximum atomic E-state index is 5.87. The van der Waals surface area contributed by atoms with Gasteiger partial charge in [-0.2, -0.15) is 15.0 Å². The third kappa shape index (κ3) is 1.91. The molecule has 7 heteroatoms. The molecule has 0 bridgehead atoms. The van der Waals surface area contributed by atoms with E-state index in [4.69, 9.17) is 16.3 Å². The zero-order chi connectivity index (χ0) is 11.8. The highest BCUT2D eigenvalue weighted by atomic mass is 35.5.